The van der Waals surface area contributed by atoms with Gasteiger partial charge in [0.2, 0.25) is 11.8 Å². The van der Waals surface area contributed by atoms with Gasteiger partial charge in [0.05, 0.1) is 39.4 Å². The Morgan fingerprint density at radius 2 is 1.75 bits per heavy atom. The summed E-state index contributed by atoms with van der Waals surface area (Å²) in [5.74, 6) is -0.753. The molecule has 51 heavy (non-hydrogen) atoms. The van der Waals surface area contributed by atoms with Gasteiger partial charge in [-0.3, -0.25) is 24.0 Å². The number of hydrogen-bond acceptors (Lipinski definition) is 7. The number of alkyl halides is 2. The highest BCUT2D eigenvalue weighted by Gasteiger charge is 2.34. The highest BCUT2D eigenvalue weighted by atomic mass is 127. The predicted octanol–water partition coefficient (Wildman–Crippen LogP) is 5.28. The molecule has 14 heteroatoms. The van der Waals surface area contributed by atoms with Crippen molar-refractivity contribution >= 4 is 73.6 Å². The van der Waals surface area contributed by atoms with Crippen LogP contribution < -0.4 is 16.3 Å². The van der Waals surface area contributed by atoms with Gasteiger partial charge in [-0.25, -0.2) is 9.18 Å². The minimum atomic E-state index is -1.29. The summed E-state index contributed by atoms with van der Waals surface area (Å²) in [5, 5.41) is 7.70. The number of piperazine rings is 1. The Hall–Kier alpha value is -3.27. The van der Waals surface area contributed by atoms with Crippen LogP contribution in [0.1, 0.15) is 53.5 Å². The Morgan fingerprint density at radius 1 is 1.02 bits per heavy atom. The molecule has 3 N–H and O–H groups in total. The van der Waals surface area contributed by atoms with Gasteiger partial charge in [-0.05, 0) is 91.5 Å². The Morgan fingerprint density at radius 3 is 2.45 bits per heavy atom. The average molecular weight is 831 g/mol. The van der Waals surface area contributed by atoms with E-state index in [-0.39, 0.29) is 36.4 Å². The number of fused-ring (bicyclic) bond motifs is 3. The smallest absolute Gasteiger partial charge is 0.326 e. The quantitative estimate of drug-likeness (QED) is 0.155. The molecule has 2 amide bonds. The number of H-pyrrole nitrogens is 1. The number of para-hydroxylation sites is 1. The largest absolute Gasteiger partial charge is 0.387 e. The molecular formula is C37H45ClFIN8O3. The van der Waals surface area contributed by atoms with Crippen LogP contribution in [0.2, 0.25) is 5.02 Å². The first-order chi connectivity index (χ1) is 24.7. The van der Waals surface area contributed by atoms with E-state index in [0.29, 0.717) is 61.3 Å². The molecule has 5 heterocycles. The SMILES string of the molecule is CNc1c(Cl)cc(C[C@@H](CC(=O)N2CCC(n3c(=O)[nH]c4c5ccccc5ncc43)CC2)C(=O)N2CCN(C3CCNCC3)CC2)cc1C(F)I. The number of likely N-dealkylation sites (tertiary alicyclic amines) is 1. The minimum absolute atomic E-state index is 0.0464. The molecule has 2 atom stereocenters. The summed E-state index contributed by atoms with van der Waals surface area (Å²) in [6.07, 6.45) is 5.53. The fourth-order valence-electron chi connectivity index (χ4n) is 8.31. The summed E-state index contributed by atoms with van der Waals surface area (Å²) in [5.41, 5.74) is 3.85. The van der Waals surface area contributed by atoms with Crippen molar-refractivity contribution in [3.05, 3.63) is 69.2 Å². The van der Waals surface area contributed by atoms with Crippen molar-refractivity contribution in [3.63, 3.8) is 0 Å². The van der Waals surface area contributed by atoms with Crippen LogP contribution in [0.15, 0.2) is 47.4 Å². The maximum atomic E-state index is 14.7. The predicted molar refractivity (Wildman–Crippen MR) is 207 cm³/mol. The van der Waals surface area contributed by atoms with Crippen molar-refractivity contribution in [1.29, 1.82) is 0 Å². The molecule has 272 valence electrons. The Labute approximate surface area is 315 Å². The van der Waals surface area contributed by atoms with Gasteiger partial charge in [0, 0.05) is 75.8 Å². The lowest BCUT2D eigenvalue weighted by molar-refractivity contribution is -0.143. The van der Waals surface area contributed by atoms with Gasteiger partial charge in [0.25, 0.3) is 0 Å². The zero-order chi connectivity index (χ0) is 35.6. The second-order valence-electron chi connectivity index (χ2n) is 14.0. The maximum absolute atomic E-state index is 14.7. The number of nitrogens with zero attached hydrogens (tertiary/aromatic N) is 5. The van der Waals surface area contributed by atoms with Crippen LogP contribution in [-0.4, -0.2) is 106 Å². The van der Waals surface area contributed by atoms with E-state index in [1.807, 2.05) is 34.1 Å². The lowest BCUT2D eigenvalue weighted by Crippen LogP contribution is -2.55. The highest BCUT2D eigenvalue weighted by Crippen LogP contribution is 2.38. The lowest BCUT2D eigenvalue weighted by atomic mass is 9.92. The van der Waals surface area contributed by atoms with Gasteiger partial charge in [-0.15, -0.1) is 0 Å². The summed E-state index contributed by atoms with van der Waals surface area (Å²) in [7, 11) is 1.70. The van der Waals surface area contributed by atoms with Crippen LogP contribution in [0, 0.1) is 5.92 Å². The molecule has 0 saturated carbocycles. The van der Waals surface area contributed by atoms with E-state index < -0.39 is 10.1 Å². The molecule has 0 spiro atoms. The first kappa shape index (κ1) is 36.1. The number of piperidine rings is 2. The molecule has 3 saturated heterocycles. The summed E-state index contributed by atoms with van der Waals surface area (Å²) in [4.78, 5) is 55.3. The van der Waals surface area contributed by atoms with Gasteiger partial charge < -0.3 is 25.4 Å². The number of halogens is 3. The second-order valence-corrected chi connectivity index (χ2v) is 15.5. The molecular weight excluding hydrogens is 786 g/mol. The summed E-state index contributed by atoms with van der Waals surface area (Å²) in [6, 6.07) is 11.7. The number of carbonyl (C=O) groups is 2. The normalized spacial score (nSPS) is 19.5. The highest BCUT2D eigenvalue weighted by molar-refractivity contribution is 14.1. The molecule has 2 aromatic carbocycles. The Bertz CT molecular complexity index is 1950. The van der Waals surface area contributed by atoms with E-state index in [9.17, 15) is 18.8 Å². The van der Waals surface area contributed by atoms with E-state index in [1.165, 1.54) is 0 Å². The van der Waals surface area contributed by atoms with E-state index >= 15 is 0 Å². The zero-order valence-corrected chi connectivity index (χ0v) is 31.8. The summed E-state index contributed by atoms with van der Waals surface area (Å²) < 4.78 is 15.2. The van der Waals surface area contributed by atoms with Crippen molar-refractivity contribution in [1.82, 2.24) is 34.6 Å². The number of amides is 2. The first-order valence-electron chi connectivity index (χ1n) is 18.0. The number of rotatable bonds is 9. The second kappa shape index (κ2) is 15.8. The molecule has 3 fully saturated rings. The van der Waals surface area contributed by atoms with Crippen LogP contribution in [0.5, 0.6) is 0 Å². The molecule has 3 aliphatic heterocycles. The van der Waals surface area contributed by atoms with Gasteiger partial charge >= 0.3 is 5.69 Å². The third-order valence-corrected chi connectivity index (χ3v) is 12.0. The van der Waals surface area contributed by atoms with Crippen LogP contribution in [0.25, 0.3) is 21.9 Å². The summed E-state index contributed by atoms with van der Waals surface area (Å²) >= 11 is 8.32. The minimum Gasteiger partial charge on any atom is -0.387 e. The summed E-state index contributed by atoms with van der Waals surface area (Å²) in [6.45, 7) is 5.86. The van der Waals surface area contributed by atoms with Gasteiger partial charge in [0.15, 0.2) is 4.18 Å². The number of benzene rings is 2. The molecule has 2 aromatic heterocycles. The number of aromatic nitrogens is 3. The third kappa shape index (κ3) is 7.63. The topological polar surface area (TPSA) is 119 Å². The standard InChI is InChI=1S/C37H45ClFIN8O3/c1-41-33-28(35(39)40)19-23(20-29(33)38)18-24(36(50)47-16-14-45(15-17-47)25-6-10-42-11-7-25)21-32(49)46-12-8-26(9-13-46)48-31-22-43-30-5-3-2-4-27(30)34(31)44-37(48)51/h2-5,19-20,22,24-26,35,41-42H,6-18,21H2,1H3,(H,44,51)/t24-,35?/m0/s1. The zero-order valence-electron chi connectivity index (χ0n) is 28.8. The number of carbonyl (C=O) groups excluding carboxylic acids is 2. The average Bonchev–Trinajstić information content (AvgIpc) is 3.50. The molecule has 3 aliphatic rings. The number of aromatic amines is 1. The number of pyridine rings is 1. The lowest BCUT2D eigenvalue weighted by Gasteiger charge is -2.41. The molecule has 1 unspecified atom stereocenters. The monoisotopic (exact) mass is 830 g/mol. The number of hydrogen-bond donors (Lipinski definition) is 3. The molecule has 0 aliphatic carbocycles. The molecule has 7 rings (SSSR count). The fraction of sp³-hybridized carbons (Fsp3) is 0.514. The van der Waals surface area contributed by atoms with E-state index in [1.54, 1.807) is 52.5 Å². The number of nitrogens with one attached hydrogen (secondary N) is 3. The van der Waals surface area contributed by atoms with Gasteiger partial charge in [0.1, 0.15) is 0 Å². The van der Waals surface area contributed by atoms with E-state index in [0.717, 1.165) is 66.5 Å². The number of anilines is 1. The maximum Gasteiger partial charge on any atom is 0.326 e. The van der Waals surface area contributed by atoms with Crippen molar-refractivity contribution in [2.45, 2.75) is 54.8 Å². The van der Waals surface area contributed by atoms with Crippen molar-refractivity contribution in [2.75, 3.05) is 64.7 Å². The van der Waals surface area contributed by atoms with Crippen LogP contribution >= 0.6 is 34.2 Å². The third-order valence-electron chi connectivity index (χ3n) is 11.0. The van der Waals surface area contributed by atoms with Crippen molar-refractivity contribution in [2.24, 2.45) is 5.92 Å². The Kier molecular flexibility index (Phi) is 11.2. The fourth-order valence-corrected chi connectivity index (χ4v) is 9.14. The van der Waals surface area contributed by atoms with Crippen LogP contribution in [0.3, 0.4) is 0 Å². The van der Waals surface area contributed by atoms with Gasteiger partial charge in [-0.1, -0.05) is 29.8 Å². The molecule has 11 nitrogen and oxygen atoms in total. The van der Waals surface area contributed by atoms with E-state index in [4.69, 9.17) is 11.6 Å². The number of imidazole rings is 1. The van der Waals surface area contributed by atoms with Crippen molar-refractivity contribution < 1.29 is 14.0 Å². The van der Waals surface area contributed by atoms with Crippen molar-refractivity contribution in [3.8, 4) is 0 Å². The molecule has 4 aromatic rings. The van der Waals surface area contributed by atoms with Gasteiger partial charge in [-0.2, -0.15) is 0 Å². The molecule has 0 radical (unpaired) electrons. The first-order valence-corrected chi connectivity index (χ1v) is 19.6. The molecule has 0 bridgehead atoms. The van der Waals surface area contributed by atoms with Crippen LogP contribution in [-0.2, 0) is 16.0 Å². The van der Waals surface area contributed by atoms with Crippen LogP contribution in [0.4, 0.5) is 10.1 Å². The van der Waals surface area contributed by atoms with E-state index in [2.05, 4.69) is 25.5 Å². The Balaban J connectivity index is 1.06.